The van der Waals surface area contributed by atoms with Gasteiger partial charge in [0, 0.05) is 19.5 Å². The number of hydrogen-bond acceptors (Lipinski definition) is 4. The summed E-state index contributed by atoms with van der Waals surface area (Å²) in [7, 11) is 0. The molecule has 0 aromatic heterocycles. The third-order valence-electron chi connectivity index (χ3n) is 3.83. The fraction of sp³-hybridized carbons (Fsp3) is 0.769. The molecule has 0 aromatic rings. The largest absolute Gasteiger partial charge is 0.354 e. The maximum absolute atomic E-state index is 11.7. The highest BCUT2D eigenvalue weighted by molar-refractivity contribution is 6.01. The molecule has 0 bridgehead atoms. The van der Waals surface area contributed by atoms with E-state index in [1.807, 2.05) is 0 Å². The molecule has 0 saturated carbocycles. The summed E-state index contributed by atoms with van der Waals surface area (Å²) in [5.74, 6) is 0.391. The molecule has 2 aliphatic rings. The molecule has 4 amide bonds. The molecule has 2 heterocycles. The van der Waals surface area contributed by atoms with E-state index in [1.54, 1.807) is 0 Å². The monoisotopic (exact) mass is 318 g/mol. The number of hydrogen-bond donors (Lipinski definition) is 3. The molecule has 120 valence electrons. The summed E-state index contributed by atoms with van der Waals surface area (Å²) in [6.45, 7) is 2.70. The van der Waals surface area contributed by atoms with Crippen LogP contribution in [0.2, 0.25) is 0 Å². The Morgan fingerprint density at radius 1 is 1.29 bits per heavy atom. The maximum atomic E-state index is 11.7. The highest BCUT2D eigenvalue weighted by atomic mass is 35.5. The van der Waals surface area contributed by atoms with Gasteiger partial charge in [-0.05, 0) is 38.3 Å². The fourth-order valence-electron chi connectivity index (χ4n) is 2.58. The van der Waals surface area contributed by atoms with Crippen LogP contribution in [0.4, 0.5) is 4.79 Å². The lowest BCUT2D eigenvalue weighted by Crippen LogP contribution is -2.38. The van der Waals surface area contributed by atoms with Crippen LogP contribution in [0.5, 0.6) is 0 Å². The summed E-state index contributed by atoms with van der Waals surface area (Å²) in [6.07, 6.45) is 3.70. The van der Waals surface area contributed by atoms with E-state index in [2.05, 4.69) is 16.0 Å². The summed E-state index contributed by atoms with van der Waals surface area (Å²) in [5, 5.41) is 8.51. The highest BCUT2D eigenvalue weighted by Gasteiger charge is 2.27. The minimum atomic E-state index is -0.376. The number of piperidine rings is 1. The van der Waals surface area contributed by atoms with Crippen molar-refractivity contribution in [1.29, 1.82) is 0 Å². The maximum Gasteiger partial charge on any atom is 0.324 e. The van der Waals surface area contributed by atoms with Gasteiger partial charge in [0.15, 0.2) is 0 Å². The third-order valence-corrected chi connectivity index (χ3v) is 3.83. The van der Waals surface area contributed by atoms with E-state index in [4.69, 9.17) is 0 Å². The smallest absolute Gasteiger partial charge is 0.324 e. The minimum absolute atomic E-state index is 0. The summed E-state index contributed by atoms with van der Waals surface area (Å²) in [4.78, 5) is 35.4. The van der Waals surface area contributed by atoms with Crippen LogP contribution < -0.4 is 16.0 Å². The Morgan fingerprint density at radius 3 is 2.62 bits per heavy atom. The average Bonchev–Trinajstić information content (AvgIpc) is 2.78. The number of imide groups is 1. The molecule has 0 aliphatic carbocycles. The second-order valence-corrected chi connectivity index (χ2v) is 5.29. The third kappa shape index (κ3) is 5.51. The van der Waals surface area contributed by atoms with Gasteiger partial charge in [0.1, 0.15) is 0 Å². The number of nitrogens with one attached hydrogen (secondary N) is 3. The van der Waals surface area contributed by atoms with Gasteiger partial charge in [-0.2, -0.15) is 0 Å². The lowest BCUT2D eigenvalue weighted by atomic mass is 9.93. The molecule has 2 fully saturated rings. The standard InChI is InChI=1S/C13H22N4O3.ClH/c18-11(2-1-10-3-5-14-6-4-10)15-7-8-17-12(19)9-16-13(17)20;/h10,14H,1-9H2,(H,15,18)(H,16,20);1H. The molecule has 0 spiro atoms. The van der Waals surface area contributed by atoms with Crippen LogP contribution in [0.1, 0.15) is 25.7 Å². The van der Waals surface area contributed by atoms with Crippen molar-refractivity contribution in [3.8, 4) is 0 Å². The predicted molar refractivity (Wildman–Crippen MR) is 80.2 cm³/mol. The Labute approximate surface area is 130 Å². The van der Waals surface area contributed by atoms with E-state index in [0.29, 0.717) is 18.9 Å². The Balaban J connectivity index is 0.00000220. The van der Waals surface area contributed by atoms with Crippen LogP contribution in [0.3, 0.4) is 0 Å². The van der Waals surface area contributed by atoms with Crippen molar-refractivity contribution >= 4 is 30.3 Å². The first-order valence-electron chi connectivity index (χ1n) is 7.22. The van der Waals surface area contributed by atoms with Gasteiger partial charge in [0.2, 0.25) is 11.8 Å². The summed E-state index contributed by atoms with van der Waals surface area (Å²) in [5.41, 5.74) is 0. The minimum Gasteiger partial charge on any atom is -0.354 e. The van der Waals surface area contributed by atoms with Crippen molar-refractivity contribution in [3.05, 3.63) is 0 Å². The van der Waals surface area contributed by atoms with Crippen LogP contribution >= 0.6 is 12.4 Å². The molecule has 3 N–H and O–H groups in total. The molecule has 2 aliphatic heterocycles. The van der Waals surface area contributed by atoms with Crippen LogP contribution in [-0.4, -0.2) is 55.5 Å². The molecule has 8 heteroatoms. The molecule has 2 saturated heterocycles. The molecule has 0 atom stereocenters. The highest BCUT2D eigenvalue weighted by Crippen LogP contribution is 2.17. The van der Waals surface area contributed by atoms with Gasteiger partial charge in [0.25, 0.3) is 0 Å². The zero-order chi connectivity index (χ0) is 14.4. The van der Waals surface area contributed by atoms with Gasteiger partial charge in [0.05, 0.1) is 6.54 Å². The number of urea groups is 1. The Bertz CT molecular complexity index is 370. The second-order valence-electron chi connectivity index (χ2n) is 5.29. The van der Waals surface area contributed by atoms with Gasteiger partial charge in [-0.3, -0.25) is 14.5 Å². The van der Waals surface area contributed by atoms with Crippen molar-refractivity contribution in [2.75, 3.05) is 32.7 Å². The van der Waals surface area contributed by atoms with Gasteiger partial charge in [-0.1, -0.05) is 0 Å². The van der Waals surface area contributed by atoms with E-state index in [-0.39, 0.29) is 43.3 Å². The average molecular weight is 319 g/mol. The molecule has 21 heavy (non-hydrogen) atoms. The number of amides is 4. The van der Waals surface area contributed by atoms with Gasteiger partial charge >= 0.3 is 6.03 Å². The fourth-order valence-corrected chi connectivity index (χ4v) is 2.58. The van der Waals surface area contributed by atoms with Crippen LogP contribution in [-0.2, 0) is 9.59 Å². The van der Waals surface area contributed by atoms with Crippen LogP contribution in [0, 0.1) is 5.92 Å². The quantitative estimate of drug-likeness (QED) is 0.594. The van der Waals surface area contributed by atoms with Crippen molar-refractivity contribution in [2.24, 2.45) is 5.92 Å². The molecule has 2 rings (SSSR count). The topological polar surface area (TPSA) is 90.5 Å². The van der Waals surface area contributed by atoms with Crippen molar-refractivity contribution in [2.45, 2.75) is 25.7 Å². The second kappa shape index (κ2) is 8.84. The summed E-state index contributed by atoms with van der Waals surface area (Å²) in [6, 6.07) is -0.376. The first-order valence-corrected chi connectivity index (χ1v) is 7.22. The summed E-state index contributed by atoms with van der Waals surface area (Å²) < 4.78 is 0. The number of rotatable bonds is 6. The zero-order valence-corrected chi connectivity index (χ0v) is 12.8. The molecule has 7 nitrogen and oxygen atoms in total. The Morgan fingerprint density at radius 2 is 2.00 bits per heavy atom. The van der Waals surface area contributed by atoms with Crippen molar-refractivity contribution in [3.63, 3.8) is 0 Å². The van der Waals surface area contributed by atoms with Gasteiger partial charge in [-0.25, -0.2) is 4.79 Å². The molecule has 0 aromatic carbocycles. The first-order chi connectivity index (χ1) is 9.66. The number of nitrogens with zero attached hydrogens (tertiary/aromatic N) is 1. The molecular weight excluding hydrogens is 296 g/mol. The lowest BCUT2D eigenvalue weighted by Gasteiger charge is -2.22. The van der Waals surface area contributed by atoms with E-state index >= 15 is 0 Å². The predicted octanol–water partition coefficient (Wildman–Crippen LogP) is -0.144. The number of carbonyl (C=O) groups is 3. The van der Waals surface area contributed by atoms with Gasteiger partial charge < -0.3 is 16.0 Å². The lowest BCUT2D eigenvalue weighted by molar-refractivity contribution is -0.126. The van der Waals surface area contributed by atoms with Gasteiger partial charge in [-0.15, -0.1) is 12.4 Å². The number of halogens is 1. The Kier molecular flexibility index (Phi) is 7.45. The SMILES string of the molecule is Cl.O=C(CCC1CCNCC1)NCCN1C(=O)CNC1=O. The van der Waals surface area contributed by atoms with Crippen molar-refractivity contribution < 1.29 is 14.4 Å². The van der Waals surface area contributed by atoms with Crippen LogP contribution in [0.25, 0.3) is 0 Å². The number of carbonyl (C=O) groups excluding carboxylic acids is 3. The van der Waals surface area contributed by atoms with E-state index < -0.39 is 0 Å². The normalized spacial score (nSPS) is 19.1. The first kappa shape index (κ1) is 17.7. The zero-order valence-electron chi connectivity index (χ0n) is 12.0. The Hall–Kier alpha value is -1.34. The van der Waals surface area contributed by atoms with E-state index in [0.717, 1.165) is 37.3 Å². The van der Waals surface area contributed by atoms with Crippen molar-refractivity contribution in [1.82, 2.24) is 20.9 Å². The van der Waals surface area contributed by atoms with Crippen LogP contribution in [0.15, 0.2) is 0 Å². The van der Waals surface area contributed by atoms with E-state index in [9.17, 15) is 14.4 Å². The molecule has 0 radical (unpaired) electrons. The summed E-state index contributed by atoms with van der Waals surface area (Å²) >= 11 is 0. The van der Waals surface area contributed by atoms with E-state index in [1.165, 1.54) is 0 Å². The molecule has 0 unspecified atom stereocenters. The molecular formula is C13H23ClN4O3.